The number of Topliss-reactive ketones (excluding diaryl/α,β-unsaturated/α-hetero) is 4. The number of fused-ring (bicyclic) bond motifs is 6. The van der Waals surface area contributed by atoms with Crippen molar-refractivity contribution >= 4 is 84.4 Å². The van der Waals surface area contributed by atoms with Crippen molar-refractivity contribution < 1.29 is 99.3 Å². The number of ketones is 4. The summed E-state index contributed by atoms with van der Waals surface area (Å²) in [6, 6.07) is 20.1. The van der Waals surface area contributed by atoms with Gasteiger partial charge in [0, 0.05) is 231 Å². The SMILES string of the molecule is CCC(=O)CCCn1cc2c3c(cccc31)C1=C[C@@H](C(=O)C[C@@H](C)CC)CN(C)[C@@H]1C2.CCC(=O)CCCn1cc2c3c(cccc31)C1=C[C@@H](C(=O)O)CN(C)[C@@H]1C2.CCC(=O)CCCn1cc2c3c(cccc31)C1=C[C@@H](C([NH-])=O)CN(C)[C@@H]1C2.[Y].[Y]. The molecular weight excluding hydrogens is 1240 g/mol. The average molecular weight is 1330 g/mol. The van der Waals surface area contributed by atoms with Crippen molar-refractivity contribution in [3.63, 3.8) is 0 Å². The number of aliphatic carboxylic acids is 1. The van der Waals surface area contributed by atoms with Gasteiger partial charge >= 0.3 is 5.97 Å². The zero-order valence-electron chi connectivity index (χ0n) is 52.6. The molecule has 87 heavy (non-hydrogen) atoms. The Morgan fingerprint density at radius 1 is 0.517 bits per heavy atom. The quantitative estimate of drug-likeness (QED) is 0.0731. The molecular formula is C71H88N7O7Y2-. The normalized spacial score (nSPS) is 21.2. The molecule has 1 amide bonds. The van der Waals surface area contributed by atoms with Crippen molar-refractivity contribution in [3.8, 4) is 0 Å². The standard InChI is InChI=1S/C27H36N2O2.C22H27N3O2.C22H26N2O3.2Y/c1-5-18(3)13-26(31)19-14-23-22-10-7-11-24-27(22)20(15-25(23)28(4)16-19)17-29(24)12-8-9-21(30)6-2;1-3-16(26)6-5-9-25-13-14-11-20-18(10-15(22(23)27)12-24(20)2)17-7-4-8-19(25)21(14)17;1-3-16(25)6-5-9-24-13-14-11-20-18(10-15(22(26)27)12-23(20)2)17-7-4-8-19(24)21(14)17;;/h7,10-11,14,17-19,25H,5-6,8-9,12-13,15-16H2,1-4H3;4,7-8,10,13,15,20H,3,5-6,9,11-12H2,1-2H3,(H2,23,27);4,7-8,10,13,15,20H,3,5-6,9,11-12H2,1-2H3,(H,26,27);;/p-1/t18-,19+,25+;2*15-,20-;;/m011../s1. The molecule has 12 rings (SSSR count). The van der Waals surface area contributed by atoms with Gasteiger partial charge in [-0.1, -0.05) is 95.7 Å². The van der Waals surface area contributed by atoms with Gasteiger partial charge in [-0.2, -0.15) is 0 Å². The molecule has 3 aliphatic carbocycles. The van der Waals surface area contributed by atoms with Crippen LogP contribution in [0.15, 0.2) is 91.4 Å². The number of nitrogens with zero attached hydrogens (tertiary/aromatic N) is 6. The van der Waals surface area contributed by atoms with Crippen LogP contribution in [0.4, 0.5) is 0 Å². The number of carboxylic acid groups (broad SMARTS) is 1. The molecule has 6 aromatic rings. The van der Waals surface area contributed by atoms with Gasteiger partial charge in [0.25, 0.3) is 0 Å². The van der Waals surface area contributed by atoms with Gasteiger partial charge in [-0.15, -0.1) is 0 Å². The van der Waals surface area contributed by atoms with Crippen LogP contribution in [-0.4, -0.2) is 127 Å². The van der Waals surface area contributed by atoms with Gasteiger partial charge in [0.2, 0.25) is 0 Å². The summed E-state index contributed by atoms with van der Waals surface area (Å²) in [5.74, 6) is -0.285. The Kier molecular flexibility index (Phi) is 23.4. The Balaban J connectivity index is 0.000000168. The van der Waals surface area contributed by atoms with E-state index in [0.29, 0.717) is 93.1 Å². The first kappa shape index (κ1) is 68.1. The van der Waals surface area contributed by atoms with Crippen LogP contribution in [-0.2, 0) is 133 Å². The number of aryl methyl sites for hydroxylation is 3. The number of amides is 1. The number of rotatable bonds is 21. The topological polar surface area (TPSA) is 171 Å². The van der Waals surface area contributed by atoms with E-state index in [2.05, 4.69) is 129 Å². The molecule has 2 radical (unpaired) electrons. The maximum atomic E-state index is 13.0. The Morgan fingerprint density at radius 3 is 1.18 bits per heavy atom. The molecule has 2 N–H and O–H groups in total. The fourth-order valence-corrected chi connectivity index (χ4v) is 14.5. The second-order valence-corrected chi connectivity index (χ2v) is 25.2. The maximum absolute atomic E-state index is 13.0. The van der Waals surface area contributed by atoms with Crippen molar-refractivity contribution in [2.24, 2.45) is 23.7 Å². The second-order valence-electron chi connectivity index (χ2n) is 25.2. The van der Waals surface area contributed by atoms with Gasteiger partial charge in [0.1, 0.15) is 23.1 Å². The first-order chi connectivity index (χ1) is 40.9. The number of aromatic nitrogens is 3. The molecule has 16 heteroatoms. The second kappa shape index (κ2) is 29.9. The summed E-state index contributed by atoms with van der Waals surface area (Å²) >= 11 is 0. The van der Waals surface area contributed by atoms with Crippen LogP contribution in [0.2, 0.25) is 0 Å². The van der Waals surface area contributed by atoms with Gasteiger partial charge < -0.3 is 29.3 Å². The molecule has 0 saturated carbocycles. The van der Waals surface area contributed by atoms with Crippen LogP contribution < -0.4 is 0 Å². The predicted molar refractivity (Wildman–Crippen MR) is 340 cm³/mol. The van der Waals surface area contributed by atoms with E-state index < -0.39 is 17.8 Å². The number of carbonyl (C=O) groups excluding carboxylic acids is 5. The van der Waals surface area contributed by atoms with Gasteiger partial charge in [-0.3, -0.25) is 38.7 Å². The number of carboxylic acids is 1. The van der Waals surface area contributed by atoms with Gasteiger partial charge in [0.15, 0.2) is 0 Å². The third-order valence-electron chi connectivity index (χ3n) is 19.5. The van der Waals surface area contributed by atoms with Crippen LogP contribution in [0.25, 0.3) is 55.2 Å². The van der Waals surface area contributed by atoms with Crippen molar-refractivity contribution in [1.82, 2.24) is 28.4 Å². The maximum Gasteiger partial charge on any atom is 0.311 e. The molecule has 6 heterocycles. The molecule has 3 aromatic carbocycles. The minimum absolute atomic E-state index is 0. The number of carbonyl (C=O) groups is 6. The van der Waals surface area contributed by atoms with E-state index in [1.165, 1.54) is 77.2 Å². The molecule has 3 aromatic heterocycles. The van der Waals surface area contributed by atoms with Crippen LogP contribution in [0, 0.1) is 23.7 Å². The first-order valence-electron chi connectivity index (χ1n) is 31.6. The molecule has 0 bridgehead atoms. The van der Waals surface area contributed by atoms with Crippen molar-refractivity contribution in [2.45, 2.75) is 162 Å². The van der Waals surface area contributed by atoms with Gasteiger partial charge in [-0.05, 0) is 134 Å². The van der Waals surface area contributed by atoms with Gasteiger partial charge in [-0.25, -0.2) is 0 Å². The number of hydrogen-bond acceptors (Lipinski definition) is 9. The van der Waals surface area contributed by atoms with E-state index in [9.17, 15) is 33.9 Å². The molecule has 7 atom stereocenters. The van der Waals surface area contributed by atoms with E-state index in [4.69, 9.17) is 5.73 Å². The van der Waals surface area contributed by atoms with Crippen LogP contribution >= 0.6 is 0 Å². The molecule has 456 valence electrons. The largest absolute Gasteiger partial charge is 0.667 e. The predicted octanol–water partition coefficient (Wildman–Crippen LogP) is 12.5. The minimum Gasteiger partial charge on any atom is -0.667 e. The molecule has 0 spiro atoms. The zero-order valence-corrected chi connectivity index (χ0v) is 58.3. The Bertz CT molecular complexity index is 3500. The first-order valence-corrected chi connectivity index (χ1v) is 31.6. The molecule has 0 saturated heterocycles. The third kappa shape index (κ3) is 14.5. The van der Waals surface area contributed by atoms with E-state index in [0.717, 1.165) is 76.7 Å². The number of benzene rings is 3. The van der Waals surface area contributed by atoms with Crippen LogP contribution in [0.3, 0.4) is 0 Å². The summed E-state index contributed by atoms with van der Waals surface area (Å²) in [6.45, 7) is 14.6. The summed E-state index contributed by atoms with van der Waals surface area (Å²) in [4.78, 5) is 77.9. The fraction of sp³-hybridized carbons (Fsp3) is 0.493. The molecule has 14 nitrogen and oxygen atoms in total. The van der Waals surface area contributed by atoms with Crippen molar-refractivity contribution in [3.05, 3.63) is 131 Å². The third-order valence-corrected chi connectivity index (χ3v) is 19.5. The average Bonchev–Trinajstić information content (AvgIpc) is 2.25. The smallest absolute Gasteiger partial charge is 0.311 e. The molecule has 3 aliphatic heterocycles. The van der Waals surface area contributed by atoms with Crippen molar-refractivity contribution in [1.29, 1.82) is 0 Å². The van der Waals surface area contributed by atoms with Gasteiger partial charge in [0.05, 0.1) is 11.8 Å². The molecule has 0 fully saturated rings. The summed E-state index contributed by atoms with van der Waals surface area (Å²) in [5, 5.41) is 13.4. The summed E-state index contributed by atoms with van der Waals surface area (Å²) in [5.41, 5.74) is 22.6. The van der Waals surface area contributed by atoms with E-state index in [1.807, 2.05) is 47.0 Å². The Morgan fingerprint density at radius 2 is 0.851 bits per heavy atom. The summed E-state index contributed by atoms with van der Waals surface area (Å²) in [6.07, 6.45) is 24.0. The zero-order chi connectivity index (χ0) is 60.4. The summed E-state index contributed by atoms with van der Waals surface area (Å²) < 4.78 is 6.88. The summed E-state index contributed by atoms with van der Waals surface area (Å²) in [7, 11) is 6.23. The number of likely N-dealkylation sites (N-methyl/N-ethyl adjacent to an activating group) is 3. The van der Waals surface area contributed by atoms with Crippen molar-refractivity contribution in [2.75, 3.05) is 40.8 Å². The monoisotopic (exact) mass is 1330 g/mol. The fourth-order valence-electron chi connectivity index (χ4n) is 14.5. The Labute approximate surface area is 564 Å². The number of nitrogens with one attached hydrogen (secondary N) is 1. The number of hydrogen-bond donors (Lipinski definition) is 1. The minimum atomic E-state index is -0.760. The Hall–Kier alpha value is -4.79. The molecule has 0 unspecified atom stereocenters. The van der Waals surface area contributed by atoms with Crippen LogP contribution in [0.5, 0.6) is 0 Å². The van der Waals surface area contributed by atoms with E-state index in [-0.39, 0.29) is 89.3 Å². The van der Waals surface area contributed by atoms with E-state index >= 15 is 0 Å². The molecule has 6 aliphatic rings. The van der Waals surface area contributed by atoms with Crippen LogP contribution in [0.1, 0.15) is 139 Å². The van der Waals surface area contributed by atoms with E-state index in [1.54, 1.807) is 0 Å².